The van der Waals surface area contributed by atoms with Gasteiger partial charge in [-0.1, -0.05) is 12.8 Å². The molecule has 3 nitrogen and oxygen atoms in total. The van der Waals surface area contributed by atoms with E-state index in [0.717, 1.165) is 45.8 Å². The maximum Gasteiger partial charge on any atom is 0.0599 e. The van der Waals surface area contributed by atoms with Gasteiger partial charge in [-0.25, -0.2) is 0 Å². The predicted molar refractivity (Wildman–Crippen MR) is 74.1 cm³/mol. The molecule has 1 fully saturated rings. The van der Waals surface area contributed by atoms with Gasteiger partial charge in [0.05, 0.1) is 6.54 Å². The topological polar surface area (TPSA) is 18.5 Å². The standard InChI is InChI=1S/C14H27N3/c1-5-9-16(10-6-2)13-14(3,4)17-11-7-15-8-12-17/h1,15H,6-13H2,2-4H3. The van der Waals surface area contributed by atoms with Crippen molar-refractivity contribution in [3.8, 4) is 12.3 Å². The van der Waals surface area contributed by atoms with Crippen LogP contribution in [0.15, 0.2) is 0 Å². The molecule has 0 radical (unpaired) electrons. The Labute approximate surface area is 107 Å². The van der Waals surface area contributed by atoms with Crippen LogP contribution in [0, 0.1) is 12.3 Å². The fourth-order valence-electron chi connectivity index (χ4n) is 2.58. The molecule has 0 aromatic rings. The van der Waals surface area contributed by atoms with Gasteiger partial charge in [0, 0.05) is 38.3 Å². The Kier molecular flexibility index (Phi) is 5.97. The highest BCUT2D eigenvalue weighted by atomic mass is 15.3. The van der Waals surface area contributed by atoms with Crippen molar-refractivity contribution in [2.24, 2.45) is 0 Å². The maximum atomic E-state index is 5.44. The smallest absolute Gasteiger partial charge is 0.0599 e. The van der Waals surface area contributed by atoms with Crippen molar-refractivity contribution < 1.29 is 0 Å². The molecule has 0 saturated carbocycles. The van der Waals surface area contributed by atoms with Gasteiger partial charge in [-0.3, -0.25) is 9.80 Å². The van der Waals surface area contributed by atoms with Crippen molar-refractivity contribution in [3.63, 3.8) is 0 Å². The fourth-order valence-corrected chi connectivity index (χ4v) is 2.58. The lowest BCUT2D eigenvalue weighted by Gasteiger charge is -2.43. The van der Waals surface area contributed by atoms with Gasteiger partial charge in [0.2, 0.25) is 0 Å². The minimum atomic E-state index is 0.216. The number of nitrogens with zero attached hydrogens (tertiary/aromatic N) is 2. The molecule has 1 aliphatic heterocycles. The second kappa shape index (κ2) is 7.00. The minimum absolute atomic E-state index is 0.216. The van der Waals surface area contributed by atoms with Crippen LogP contribution in [0.2, 0.25) is 0 Å². The Morgan fingerprint density at radius 1 is 1.35 bits per heavy atom. The predicted octanol–water partition coefficient (Wildman–Crippen LogP) is 1.02. The number of terminal acetylenes is 1. The number of rotatable bonds is 6. The van der Waals surface area contributed by atoms with Gasteiger partial charge >= 0.3 is 0 Å². The summed E-state index contributed by atoms with van der Waals surface area (Å²) in [5.74, 6) is 2.77. The van der Waals surface area contributed by atoms with Crippen LogP contribution >= 0.6 is 0 Å². The molecule has 1 N–H and O–H groups in total. The van der Waals surface area contributed by atoms with Crippen LogP contribution in [0.4, 0.5) is 0 Å². The Morgan fingerprint density at radius 3 is 2.53 bits per heavy atom. The molecule has 1 rings (SSSR count). The molecule has 1 saturated heterocycles. The van der Waals surface area contributed by atoms with Crippen LogP contribution in [-0.4, -0.2) is 61.2 Å². The van der Waals surface area contributed by atoms with Gasteiger partial charge in [-0.05, 0) is 26.8 Å². The largest absolute Gasteiger partial charge is 0.314 e. The van der Waals surface area contributed by atoms with Crippen LogP contribution in [0.5, 0.6) is 0 Å². The van der Waals surface area contributed by atoms with Gasteiger partial charge in [0.15, 0.2) is 0 Å². The van der Waals surface area contributed by atoms with Crippen LogP contribution in [-0.2, 0) is 0 Å². The first kappa shape index (κ1) is 14.5. The molecule has 0 aromatic carbocycles. The molecule has 0 unspecified atom stereocenters. The van der Waals surface area contributed by atoms with E-state index in [0.29, 0.717) is 0 Å². The summed E-state index contributed by atoms with van der Waals surface area (Å²) in [4.78, 5) is 4.96. The SMILES string of the molecule is C#CCN(CCC)CC(C)(C)N1CCNCC1. The third kappa shape index (κ3) is 4.67. The monoisotopic (exact) mass is 237 g/mol. The van der Waals surface area contributed by atoms with Crippen LogP contribution in [0.25, 0.3) is 0 Å². The van der Waals surface area contributed by atoms with E-state index in [1.807, 2.05) is 0 Å². The van der Waals surface area contributed by atoms with Crippen molar-refractivity contribution in [1.29, 1.82) is 0 Å². The molecule has 0 aliphatic carbocycles. The Morgan fingerprint density at radius 2 is 2.00 bits per heavy atom. The van der Waals surface area contributed by atoms with Crippen molar-refractivity contribution in [1.82, 2.24) is 15.1 Å². The molecule has 1 aliphatic rings. The summed E-state index contributed by atoms with van der Waals surface area (Å²) in [5.41, 5.74) is 0.216. The van der Waals surface area contributed by atoms with Crippen molar-refractivity contribution >= 4 is 0 Å². The van der Waals surface area contributed by atoms with Gasteiger partial charge in [0.1, 0.15) is 0 Å². The lowest BCUT2D eigenvalue weighted by Crippen LogP contribution is -2.57. The van der Waals surface area contributed by atoms with E-state index >= 15 is 0 Å². The minimum Gasteiger partial charge on any atom is -0.314 e. The summed E-state index contributed by atoms with van der Waals surface area (Å²) in [6.07, 6.45) is 6.61. The average molecular weight is 237 g/mol. The van der Waals surface area contributed by atoms with E-state index in [2.05, 4.69) is 41.8 Å². The molecule has 3 heteroatoms. The molecular formula is C14H27N3. The first-order chi connectivity index (χ1) is 8.10. The number of hydrogen-bond acceptors (Lipinski definition) is 3. The lowest BCUT2D eigenvalue weighted by molar-refractivity contribution is 0.0675. The maximum absolute atomic E-state index is 5.44. The number of piperazine rings is 1. The van der Waals surface area contributed by atoms with Gasteiger partial charge in [-0.15, -0.1) is 6.42 Å². The number of nitrogens with one attached hydrogen (secondary N) is 1. The highest BCUT2D eigenvalue weighted by Crippen LogP contribution is 2.16. The molecule has 0 atom stereocenters. The highest BCUT2D eigenvalue weighted by molar-refractivity contribution is 4.93. The van der Waals surface area contributed by atoms with Gasteiger partial charge in [0.25, 0.3) is 0 Å². The summed E-state index contributed by atoms with van der Waals surface area (Å²) in [6, 6.07) is 0. The second-order valence-electron chi connectivity index (χ2n) is 5.46. The van der Waals surface area contributed by atoms with E-state index < -0.39 is 0 Å². The van der Waals surface area contributed by atoms with Gasteiger partial charge in [-0.2, -0.15) is 0 Å². The Bertz CT molecular complexity index is 249. The van der Waals surface area contributed by atoms with E-state index in [9.17, 15) is 0 Å². The van der Waals surface area contributed by atoms with Gasteiger partial charge < -0.3 is 5.32 Å². The van der Waals surface area contributed by atoms with E-state index in [-0.39, 0.29) is 5.54 Å². The third-order valence-electron chi connectivity index (χ3n) is 3.44. The van der Waals surface area contributed by atoms with Crippen molar-refractivity contribution in [2.75, 3.05) is 45.8 Å². The molecule has 98 valence electrons. The zero-order valence-corrected chi connectivity index (χ0v) is 11.6. The number of hydrogen-bond donors (Lipinski definition) is 1. The molecule has 0 spiro atoms. The zero-order chi connectivity index (χ0) is 12.7. The third-order valence-corrected chi connectivity index (χ3v) is 3.44. The van der Waals surface area contributed by atoms with Crippen molar-refractivity contribution in [2.45, 2.75) is 32.7 Å². The summed E-state index contributed by atoms with van der Waals surface area (Å²) in [7, 11) is 0. The molecular weight excluding hydrogens is 210 g/mol. The van der Waals surface area contributed by atoms with Crippen molar-refractivity contribution in [3.05, 3.63) is 0 Å². The summed E-state index contributed by atoms with van der Waals surface area (Å²) >= 11 is 0. The normalized spacial score (nSPS) is 18.3. The quantitative estimate of drug-likeness (QED) is 0.696. The summed E-state index contributed by atoms with van der Waals surface area (Å²) in [5, 5.41) is 3.40. The first-order valence-electron chi connectivity index (χ1n) is 6.71. The van der Waals surface area contributed by atoms with Crippen LogP contribution in [0.1, 0.15) is 27.2 Å². The molecule has 1 heterocycles. The molecule has 0 amide bonds. The van der Waals surface area contributed by atoms with E-state index in [4.69, 9.17) is 6.42 Å². The van der Waals surface area contributed by atoms with Crippen LogP contribution in [0.3, 0.4) is 0 Å². The summed E-state index contributed by atoms with van der Waals surface area (Å²) in [6.45, 7) is 14.3. The Hall–Kier alpha value is -0.560. The molecule has 17 heavy (non-hydrogen) atoms. The molecule has 0 aromatic heterocycles. The zero-order valence-electron chi connectivity index (χ0n) is 11.6. The average Bonchev–Trinajstić information content (AvgIpc) is 2.30. The van der Waals surface area contributed by atoms with Crippen LogP contribution < -0.4 is 5.32 Å². The fraction of sp³-hybridized carbons (Fsp3) is 0.857. The van der Waals surface area contributed by atoms with E-state index in [1.165, 1.54) is 6.42 Å². The molecule has 0 bridgehead atoms. The first-order valence-corrected chi connectivity index (χ1v) is 6.71. The van der Waals surface area contributed by atoms with E-state index in [1.54, 1.807) is 0 Å². The second-order valence-corrected chi connectivity index (χ2v) is 5.46. The Balaban J connectivity index is 2.52. The highest BCUT2D eigenvalue weighted by Gasteiger charge is 2.29. The summed E-state index contributed by atoms with van der Waals surface area (Å²) < 4.78 is 0. The lowest BCUT2D eigenvalue weighted by atomic mass is 10.0.